The molecule has 2 N–H and O–H groups in total. The van der Waals surface area contributed by atoms with Crippen LogP contribution < -0.4 is 0 Å². The molecule has 1 aromatic heterocycles. The van der Waals surface area contributed by atoms with Gasteiger partial charge in [0.25, 0.3) is 0 Å². The van der Waals surface area contributed by atoms with Gasteiger partial charge >= 0.3 is 6.18 Å². The summed E-state index contributed by atoms with van der Waals surface area (Å²) in [4.78, 5) is 7.26. The van der Waals surface area contributed by atoms with E-state index in [4.69, 9.17) is 11.6 Å². The zero-order chi connectivity index (χ0) is 23.8. The first-order valence-corrected chi connectivity index (χ1v) is 12.0. The molecular formula is C22H21ClF3N3O3S. The van der Waals surface area contributed by atoms with E-state index in [1.165, 1.54) is 34.8 Å². The first kappa shape index (κ1) is 23.7. The van der Waals surface area contributed by atoms with E-state index in [9.17, 15) is 26.7 Å². The number of aromatic nitrogens is 2. The van der Waals surface area contributed by atoms with Crippen LogP contribution in [-0.2, 0) is 16.4 Å². The van der Waals surface area contributed by atoms with E-state index >= 15 is 0 Å². The van der Waals surface area contributed by atoms with Gasteiger partial charge in [0.2, 0.25) is 10.0 Å². The summed E-state index contributed by atoms with van der Waals surface area (Å²) >= 11 is 6.21. The van der Waals surface area contributed by atoms with Crippen LogP contribution >= 0.6 is 11.6 Å². The van der Waals surface area contributed by atoms with Crippen LogP contribution in [0.15, 0.2) is 53.6 Å². The van der Waals surface area contributed by atoms with Gasteiger partial charge in [0.15, 0.2) is 0 Å². The molecule has 0 unspecified atom stereocenters. The molecule has 1 aliphatic heterocycles. The van der Waals surface area contributed by atoms with Crippen molar-refractivity contribution >= 4 is 21.6 Å². The van der Waals surface area contributed by atoms with Gasteiger partial charge in [-0.05, 0) is 48.2 Å². The zero-order valence-electron chi connectivity index (χ0n) is 17.3. The molecule has 1 fully saturated rings. The number of imidazole rings is 1. The number of hydrogen-bond acceptors (Lipinski definition) is 4. The van der Waals surface area contributed by atoms with Gasteiger partial charge in [-0.3, -0.25) is 0 Å². The Hall–Kier alpha value is -2.40. The average Bonchev–Trinajstić information content (AvgIpc) is 3.23. The first-order valence-electron chi connectivity index (χ1n) is 10.2. The number of piperidine rings is 1. The third-order valence-corrected chi connectivity index (χ3v) is 7.84. The van der Waals surface area contributed by atoms with Gasteiger partial charge in [-0.1, -0.05) is 29.8 Å². The van der Waals surface area contributed by atoms with Crippen LogP contribution in [0.2, 0.25) is 5.02 Å². The molecular weight excluding hydrogens is 479 g/mol. The van der Waals surface area contributed by atoms with Gasteiger partial charge in [0.05, 0.1) is 29.4 Å². The van der Waals surface area contributed by atoms with E-state index < -0.39 is 28.7 Å². The molecule has 0 radical (unpaired) electrons. The van der Waals surface area contributed by atoms with Crippen molar-refractivity contribution in [1.82, 2.24) is 14.3 Å². The van der Waals surface area contributed by atoms with Gasteiger partial charge in [-0.2, -0.15) is 17.5 Å². The molecule has 0 saturated carbocycles. The summed E-state index contributed by atoms with van der Waals surface area (Å²) in [5.74, 6) is 0.355. The molecule has 0 spiro atoms. The normalized spacial score (nSPS) is 16.3. The highest BCUT2D eigenvalue weighted by Gasteiger charge is 2.31. The van der Waals surface area contributed by atoms with E-state index in [1.54, 1.807) is 18.2 Å². The molecule has 1 saturated heterocycles. The lowest BCUT2D eigenvalue weighted by Gasteiger charge is -2.29. The number of halogens is 4. The Kier molecular flexibility index (Phi) is 6.54. The van der Waals surface area contributed by atoms with Gasteiger partial charge < -0.3 is 10.1 Å². The molecule has 6 nitrogen and oxygen atoms in total. The summed E-state index contributed by atoms with van der Waals surface area (Å²) in [6, 6.07) is 10.6. The minimum atomic E-state index is -4.31. The third kappa shape index (κ3) is 5.40. The maximum atomic E-state index is 13.1. The van der Waals surface area contributed by atoms with Gasteiger partial charge in [0, 0.05) is 18.7 Å². The van der Waals surface area contributed by atoms with Crippen LogP contribution in [-0.4, -0.2) is 53.2 Å². The van der Waals surface area contributed by atoms with Crippen molar-refractivity contribution in [3.05, 3.63) is 59.2 Å². The molecule has 0 bridgehead atoms. The van der Waals surface area contributed by atoms with E-state index in [-0.39, 0.29) is 28.6 Å². The fourth-order valence-corrected chi connectivity index (χ4v) is 5.73. The Labute approximate surface area is 194 Å². The van der Waals surface area contributed by atoms with Crippen LogP contribution in [0.5, 0.6) is 0 Å². The van der Waals surface area contributed by atoms with Gasteiger partial charge in [0.1, 0.15) is 10.7 Å². The average molecular weight is 500 g/mol. The smallest absolute Gasteiger partial charge is 0.393 e. The van der Waals surface area contributed by atoms with E-state index in [2.05, 4.69) is 9.97 Å². The first-order chi connectivity index (χ1) is 15.5. The minimum Gasteiger partial charge on any atom is -0.393 e. The maximum Gasteiger partial charge on any atom is 0.393 e. The highest BCUT2D eigenvalue weighted by molar-refractivity contribution is 7.89. The maximum absolute atomic E-state index is 13.1. The number of nitrogens with one attached hydrogen (secondary N) is 1. The second kappa shape index (κ2) is 9.09. The van der Waals surface area contributed by atoms with Gasteiger partial charge in [-0.15, -0.1) is 0 Å². The Balaban J connectivity index is 1.63. The summed E-state index contributed by atoms with van der Waals surface area (Å²) < 4.78 is 65.7. The molecule has 0 amide bonds. The predicted molar refractivity (Wildman–Crippen MR) is 118 cm³/mol. The molecule has 0 aliphatic carbocycles. The van der Waals surface area contributed by atoms with Crippen molar-refractivity contribution in [2.75, 3.05) is 13.1 Å². The highest BCUT2D eigenvalue weighted by atomic mass is 35.5. The number of benzene rings is 2. The molecule has 4 rings (SSSR count). The number of aliphatic hydroxyl groups is 1. The number of rotatable bonds is 5. The van der Waals surface area contributed by atoms with Gasteiger partial charge in [-0.25, -0.2) is 13.4 Å². The van der Waals surface area contributed by atoms with Crippen molar-refractivity contribution < 1.29 is 26.7 Å². The SMILES string of the molecule is O=S(=O)(c1cc(-c2ncc(-c3cccc(CC(F)(F)F)c3)[nH]2)ccc1Cl)N1CCC(O)CC1. The number of hydrogen-bond donors (Lipinski definition) is 2. The van der Waals surface area contributed by atoms with E-state index in [0.717, 1.165) is 0 Å². The quantitative estimate of drug-likeness (QED) is 0.535. The summed E-state index contributed by atoms with van der Waals surface area (Å²) in [5, 5.41) is 9.73. The monoisotopic (exact) mass is 499 g/mol. The Morgan fingerprint density at radius 1 is 1.12 bits per heavy atom. The lowest BCUT2D eigenvalue weighted by molar-refractivity contribution is -0.127. The number of aliphatic hydroxyl groups excluding tert-OH is 1. The van der Waals surface area contributed by atoms with Crippen LogP contribution in [0.4, 0.5) is 13.2 Å². The van der Waals surface area contributed by atoms with E-state index in [0.29, 0.717) is 35.5 Å². The van der Waals surface area contributed by atoms with Crippen molar-refractivity contribution in [3.63, 3.8) is 0 Å². The van der Waals surface area contributed by atoms with Crippen molar-refractivity contribution in [1.29, 1.82) is 0 Å². The number of H-pyrrole nitrogens is 1. The van der Waals surface area contributed by atoms with Crippen LogP contribution in [0.25, 0.3) is 22.6 Å². The molecule has 33 heavy (non-hydrogen) atoms. The lowest BCUT2D eigenvalue weighted by atomic mass is 10.1. The molecule has 1 aliphatic rings. The lowest BCUT2D eigenvalue weighted by Crippen LogP contribution is -2.40. The van der Waals surface area contributed by atoms with Crippen LogP contribution in [0.1, 0.15) is 18.4 Å². The third-order valence-electron chi connectivity index (χ3n) is 5.46. The summed E-state index contributed by atoms with van der Waals surface area (Å²) in [6.07, 6.45) is -3.67. The van der Waals surface area contributed by atoms with Crippen LogP contribution in [0.3, 0.4) is 0 Å². The highest BCUT2D eigenvalue weighted by Crippen LogP contribution is 2.32. The molecule has 2 heterocycles. The number of aromatic amines is 1. The van der Waals surface area contributed by atoms with E-state index in [1.807, 2.05) is 0 Å². The Bertz CT molecular complexity index is 1250. The van der Waals surface area contributed by atoms with Crippen molar-refractivity contribution in [2.45, 2.75) is 36.4 Å². The molecule has 11 heteroatoms. The van der Waals surface area contributed by atoms with Crippen molar-refractivity contribution in [2.24, 2.45) is 0 Å². The molecule has 2 aromatic carbocycles. The summed E-state index contributed by atoms with van der Waals surface area (Å²) in [5.41, 5.74) is 1.62. The summed E-state index contributed by atoms with van der Waals surface area (Å²) in [7, 11) is -3.87. The fourth-order valence-electron chi connectivity index (χ4n) is 3.76. The fraction of sp³-hybridized carbons (Fsp3) is 0.318. The number of nitrogens with zero attached hydrogens (tertiary/aromatic N) is 2. The number of sulfonamides is 1. The minimum absolute atomic E-state index is 0.0662. The Morgan fingerprint density at radius 3 is 2.55 bits per heavy atom. The summed E-state index contributed by atoms with van der Waals surface area (Å²) in [6.45, 7) is 0.395. The topological polar surface area (TPSA) is 86.3 Å². The second-order valence-electron chi connectivity index (χ2n) is 7.92. The zero-order valence-corrected chi connectivity index (χ0v) is 18.9. The van der Waals surface area contributed by atoms with Crippen molar-refractivity contribution in [3.8, 4) is 22.6 Å². The molecule has 176 valence electrons. The number of alkyl halides is 3. The Morgan fingerprint density at radius 2 is 1.85 bits per heavy atom. The standard InChI is InChI=1S/C22H21ClF3N3O3S/c23-18-5-4-16(11-20(18)33(31,32)29-8-6-17(30)7-9-29)21-27-13-19(28-21)15-3-1-2-14(10-15)12-22(24,25)26/h1-5,10-11,13,17,30H,6-9,12H2,(H,27,28). The molecule has 0 atom stereocenters. The molecule has 3 aromatic rings. The second-order valence-corrected chi connectivity index (χ2v) is 10.2. The predicted octanol–water partition coefficient (Wildman–Crippen LogP) is 4.65. The largest absolute Gasteiger partial charge is 0.393 e. The van der Waals surface area contributed by atoms with Crippen LogP contribution in [0, 0.1) is 0 Å².